The first kappa shape index (κ1) is 31.1. The van der Waals surface area contributed by atoms with Gasteiger partial charge in [-0.2, -0.15) is 5.26 Å². The monoisotopic (exact) mass is 577 g/mol. The van der Waals surface area contributed by atoms with Gasteiger partial charge >= 0.3 is 12.1 Å². The Morgan fingerprint density at radius 1 is 1.24 bits per heavy atom. The summed E-state index contributed by atoms with van der Waals surface area (Å²) in [6, 6.07) is 1.75. The molecule has 0 radical (unpaired) electrons. The lowest BCUT2D eigenvalue weighted by molar-refractivity contribution is -0.234. The molecule has 0 heterocycles. The second kappa shape index (κ2) is 10.8. The van der Waals surface area contributed by atoms with E-state index >= 15 is 8.78 Å². The Labute approximate surface area is 240 Å². The van der Waals surface area contributed by atoms with Crippen LogP contribution in [0.5, 0.6) is 0 Å². The van der Waals surface area contributed by atoms with Gasteiger partial charge in [-0.15, -0.1) is 0 Å². The fraction of sp³-hybridized carbons (Fsp3) is 0.742. The summed E-state index contributed by atoms with van der Waals surface area (Å²) in [5, 5.41) is 20.7. The van der Waals surface area contributed by atoms with Crippen LogP contribution in [0.1, 0.15) is 73.6 Å². The molecule has 226 valence electrons. The van der Waals surface area contributed by atoms with Crippen molar-refractivity contribution in [1.82, 2.24) is 0 Å². The van der Waals surface area contributed by atoms with E-state index in [0.717, 1.165) is 12.5 Å². The molecule has 0 amide bonds. The van der Waals surface area contributed by atoms with E-state index in [1.54, 1.807) is 19.9 Å². The Morgan fingerprint density at radius 3 is 2.54 bits per heavy atom. The van der Waals surface area contributed by atoms with Crippen molar-refractivity contribution >= 4 is 17.9 Å². The molecule has 0 saturated heterocycles. The van der Waals surface area contributed by atoms with Crippen LogP contribution in [0, 0.1) is 45.8 Å². The number of carbonyl (C=O) groups excluding carboxylic acids is 3. The molecule has 0 aromatic heterocycles. The van der Waals surface area contributed by atoms with Crippen LogP contribution in [-0.2, 0) is 23.8 Å². The van der Waals surface area contributed by atoms with Crippen LogP contribution in [0.25, 0.3) is 0 Å². The number of alkyl halides is 2. The van der Waals surface area contributed by atoms with Crippen molar-refractivity contribution in [1.29, 1.82) is 5.26 Å². The summed E-state index contributed by atoms with van der Waals surface area (Å²) in [7, 11) is 0. The molecular formula is C31H41F2NO7. The Hall–Kier alpha value is -2.80. The van der Waals surface area contributed by atoms with Crippen LogP contribution < -0.4 is 0 Å². The van der Waals surface area contributed by atoms with E-state index in [0.29, 0.717) is 6.42 Å². The fourth-order valence-electron chi connectivity index (χ4n) is 8.51. The minimum atomic E-state index is -2.36. The summed E-state index contributed by atoms with van der Waals surface area (Å²) in [5.41, 5.74) is -7.37. The first-order valence-electron chi connectivity index (χ1n) is 14.5. The van der Waals surface area contributed by atoms with Crippen LogP contribution in [0.4, 0.5) is 13.6 Å². The van der Waals surface area contributed by atoms with Crippen molar-refractivity contribution in [2.75, 3.05) is 6.61 Å². The molecule has 4 rings (SSSR count). The maximum Gasteiger partial charge on any atom is 0.509 e. The molecule has 1 N–H and O–H groups in total. The van der Waals surface area contributed by atoms with Crippen molar-refractivity contribution < 1.29 is 42.5 Å². The number of allylic oxidation sites excluding steroid dienone is 4. The zero-order chi connectivity index (χ0) is 30.5. The zero-order valence-corrected chi connectivity index (χ0v) is 24.6. The highest BCUT2D eigenvalue weighted by Gasteiger charge is 2.79. The second-order valence-electron chi connectivity index (χ2n) is 13.0. The zero-order valence-electron chi connectivity index (χ0n) is 24.6. The van der Waals surface area contributed by atoms with E-state index < -0.39 is 82.7 Å². The van der Waals surface area contributed by atoms with Gasteiger partial charge in [-0.25, -0.2) is 18.4 Å². The normalized spacial score (nSPS) is 41.8. The molecule has 0 aliphatic heterocycles. The first-order chi connectivity index (χ1) is 19.1. The standard InChI is InChI=1S/C31H41F2NO7/c1-7-8-24(17(2)3)40-27(38)41-31(26(37)39-12-11-34)18(4)13-20-21-15-23(32)22-14-19(35)9-10-28(22,5)30(21,33)25(36)16-29(20,31)6/h9-10,14,17-18,20-21,23-25,36H,7-8,12-13,15-16H2,1-6H3/t18-,20+,21+,23+,24?,25+,28+,29+,30+,31+/m1/s1. The molecule has 41 heavy (non-hydrogen) atoms. The molecule has 8 nitrogen and oxygen atoms in total. The maximum atomic E-state index is 17.5. The molecular weight excluding hydrogens is 536 g/mol. The summed E-state index contributed by atoms with van der Waals surface area (Å²) in [4.78, 5) is 39.2. The summed E-state index contributed by atoms with van der Waals surface area (Å²) < 4.78 is 50.2. The van der Waals surface area contributed by atoms with Crippen LogP contribution in [0.3, 0.4) is 0 Å². The number of halogens is 2. The molecule has 0 bridgehead atoms. The van der Waals surface area contributed by atoms with Crippen LogP contribution >= 0.6 is 0 Å². The highest BCUT2D eigenvalue weighted by Crippen LogP contribution is 2.71. The van der Waals surface area contributed by atoms with Crippen molar-refractivity contribution in [2.24, 2.45) is 34.5 Å². The summed E-state index contributed by atoms with van der Waals surface area (Å²) in [5.74, 6) is -3.98. The van der Waals surface area contributed by atoms with Crippen molar-refractivity contribution in [3.63, 3.8) is 0 Å². The molecule has 3 saturated carbocycles. The van der Waals surface area contributed by atoms with Crippen molar-refractivity contribution in [3.05, 3.63) is 23.8 Å². The van der Waals surface area contributed by atoms with Gasteiger partial charge in [0.25, 0.3) is 0 Å². The third-order valence-electron chi connectivity index (χ3n) is 10.5. The highest BCUT2D eigenvalue weighted by atomic mass is 19.1. The molecule has 0 aromatic carbocycles. The van der Waals surface area contributed by atoms with Gasteiger partial charge in [-0.05, 0) is 62.2 Å². The quantitative estimate of drug-likeness (QED) is 0.403. The van der Waals surface area contributed by atoms with E-state index in [9.17, 15) is 19.5 Å². The smallest absolute Gasteiger partial charge is 0.447 e. The molecule has 1 unspecified atom stereocenters. The number of fused-ring (bicyclic) bond motifs is 5. The number of carbonyl (C=O) groups is 3. The predicted octanol–water partition coefficient (Wildman–Crippen LogP) is 5.33. The Morgan fingerprint density at radius 2 is 1.93 bits per heavy atom. The average Bonchev–Trinajstić information content (AvgIpc) is 3.11. The van der Waals surface area contributed by atoms with E-state index in [4.69, 9.17) is 19.5 Å². The number of ketones is 1. The number of esters is 1. The molecule has 0 aromatic rings. The van der Waals surface area contributed by atoms with E-state index in [1.807, 2.05) is 20.8 Å². The Bertz CT molecular complexity index is 1200. The van der Waals surface area contributed by atoms with Gasteiger partial charge in [-0.3, -0.25) is 4.79 Å². The summed E-state index contributed by atoms with van der Waals surface area (Å²) >= 11 is 0. The third-order valence-corrected chi connectivity index (χ3v) is 10.5. The Kier molecular flexibility index (Phi) is 8.20. The van der Waals surface area contributed by atoms with Gasteiger partial charge in [0.05, 0.1) is 6.10 Å². The maximum absolute atomic E-state index is 17.5. The molecule has 4 aliphatic carbocycles. The molecule has 4 aliphatic rings. The topological polar surface area (TPSA) is 123 Å². The SMILES string of the molecule is CCCC(OC(=O)O[C@]1(C(=O)OCC#N)[C@H](C)C[C@H]2[C@@H]3C[C@H](F)C4=CC(=O)C=C[C@]4(C)[C@@]3(F)[C@@H](O)C[C@@]21C)C(C)C. The summed E-state index contributed by atoms with van der Waals surface area (Å²) in [6.45, 7) is 9.93. The third kappa shape index (κ3) is 4.41. The number of hydrogen-bond donors (Lipinski definition) is 1. The van der Waals surface area contributed by atoms with Gasteiger partial charge in [0, 0.05) is 22.7 Å². The first-order valence-corrected chi connectivity index (χ1v) is 14.5. The minimum Gasteiger partial charge on any atom is -0.447 e. The van der Waals surface area contributed by atoms with Crippen LogP contribution in [-0.4, -0.2) is 59.3 Å². The van der Waals surface area contributed by atoms with Gasteiger partial charge in [0.15, 0.2) is 18.1 Å². The van der Waals surface area contributed by atoms with E-state index in [1.165, 1.54) is 19.1 Å². The van der Waals surface area contributed by atoms with E-state index in [2.05, 4.69) is 0 Å². The van der Waals surface area contributed by atoms with Gasteiger partial charge < -0.3 is 19.3 Å². The van der Waals surface area contributed by atoms with Gasteiger partial charge in [0.1, 0.15) is 18.3 Å². The lowest BCUT2D eigenvalue weighted by atomic mass is 9.44. The van der Waals surface area contributed by atoms with Crippen LogP contribution in [0.15, 0.2) is 23.8 Å². The van der Waals surface area contributed by atoms with E-state index in [-0.39, 0.29) is 30.8 Å². The van der Waals surface area contributed by atoms with Gasteiger partial charge in [0.2, 0.25) is 5.60 Å². The number of rotatable bonds is 7. The number of aliphatic hydroxyl groups is 1. The van der Waals surface area contributed by atoms with Gasteiger partial charge in [-0.1, -0.05) is 47.1 Å². The Balaban J connectivity index is 1.80. The summed E-state index contributed by atoms with van der Waals surface area (Å²) in [6.07, 6.45) is -0.421. The molecule has 10 atom stereocenters. The second-order valence-corrected chi connectivity index (χ2v) is 13.0. The number of nitrogens with zero attached hydrogens (tertiary/aromatic N) is 1. The lowest BCUT2D eigenvalue weighted by Gasteiger charge is -2.62. The minimum absolute atomic E-state index is 0.00683. The number of hydrogen-bond acceptors (Lipinski definition) is 8. The van der Waals surface area contributed by atoms with Crippen molar-refractivity contribution in [3.8, 4) is 6.07 Å². The average molecular weight is 578 g/mol. The molecule has 3 fully saturated rings. The largest absolute Gasteiger partial charge is 0.509 e. The number of ether oxygens (including phenoxy) is 3. The fourth-order valence-corrected chi connectivity index (χ4v) is 8.51. The van der Waals surface area contributed by atoms with Crippen molar-refractivity contribution in [2.45, 2.75) is 103 Å². The molecule has 0 spiro atoms. The molecule has 10 heteroatoms. The lowest BCUT2D eigenvalue weighted by Crippen LogP contribution is -2.71. The number of aliphatic hydroxyl groups excluding tert-OH is 1. The highest BCUT2D eigenvalue weighted by molar-refractivity contribution is 6.01. The number of nitriles is 1. The predicted molar refractivity (Wildman–Crippen MR) is 144 cm³/mol. The van der Waals surface area contributed by atoms with Crippen LogP contribution in [0.2, 0.25) is 0 Å².